The average molecular weight is 711 g/mol. The molecule has 0 saturated heterocycles. The summed E-state index contributed by atoms with van der Waals surface area (Å²) in [6.07, 6.45) is 8.77. The van der Waals surface area contributed by atoms with Gasteiger partial charge in [-0.1, -0.05) is 69.4 Å². The van der Waals surface area contributed by atoms with E-state index in [1.54, 1.807) is 12.1 Å². The second-order valence-electron chi connectivity index (χ2n) is 15.6. The Morgan fingerprint density at radius 2 is 1.83 bits per heavy atom. The van der Waals surface area contributed by atoms with Crippen molar-refractivity contribution in [1.82, 2.24) is 5.32 Å². The van der Waals surface area contributed by atoms with Gasteiger partial charge in [-0.05, 0) is 121 Å². The Kier molecular flexibility index (Phi) is 13.6. The summed E-state index contributed by atoms with van der Waals surface area (Å²) in [4.78, 5) is 28.0. The fourth-order valence-corrected chi connectivity index (χ4v) is 8.62. The number of hydrogen-bond acceptors (Lipinski definition) is 8. The summed E-state index contributed by atoms with van der Waals surface area (Å²) in [5, 5.41) is 36.2. The number of Topliss-reactive ketones (excluding diaryl/α,β-unsaturated/α-hetero) is 2. The number of methoxy groups -OCH3 is 1. The summed E-state index contributed by atoms with van der Waals surface area (Å²) in [6.45, 7) is 7.19. The second-order valence-corrected chi connectivity index (χ2v) is 15.6. The SMILES string of the molecule is CCCC(CO)C1CC(CC2=CCNC(N)=C2)CC2C#CC(c3ccccc3CCC(C)C)c3cc(O)c(OC)cc3CCC(=O)C(O)C(=O)C2C1. The predicted octanol–water partition coefficient (Wildman–Crippen LogP) is 6.35. The maximum atomic E-state index is 14.4. The number of aliphatic hydroxyl groups is 2. The van der Waals surface area contributed by atoms with E-state index in [1.165, 1.54) is 12.7 Å². The van der Waals surface area contributed by atoms with E-state index in [0.29, 0.717) is 36.9 Å². The van der Waals surface area contributed by atoms with E-state index in [9.17, 15) is 24.9 Å². The number of ether oxygens (including phenoxy) is 1. The number of allylic oxidation sites excluding steroid dienone is 2. The van der Waals surface area contributed by atoms with Crippen molar-refractivity contribution in [2.24, 2.45) is 41.2 Å². The Labute approximate surface area is 309 Å². The van der Waals surface area contributed by atoms with Gasteiger partial charge in [0.25, 0.3) is 0 Å². The summed E-state index contributed by atoms with van der Waals surface area (Å²) < 4.78 is 5.49. The van der Waals surface area contributed by atoms with Crippen LogP contribution < -0.4 is 15.8 Å². The molecule has 0 radical (unpaired) electrons. The Bertz CT molecular complexity index is 1700. The molecule has 8 nitrogen and oxygen atoms in total. The number of aromatic hydroxyl groups is 1. The second kappa shape index (κ2) is 18.1. The van der Waals surface area contributed by atoms with Crippen LogP contribution >= 0.6 is 0 Å². The smallest absolute Gasteiger partial charge is 0.173 e. The Hall–Kier alpha value is -4.06. The van der Waals surface area contributed by atoms with Crippen molar-refractivity contribution in [2.75, 3.05) is 20.3 Å². The maximum absolute atomic E-state index is 14.4. The third kappa shape index (κ3) is 9.48. The van der Waals surface area contributed by atoms with Crippen LogP contribution in [0.15, 0.2) is 59.9 Å². The zero-order chi connectivity index (χ0) is 37.4. The molecular formula is C44H58N2O6. The van der Waals surface area contributed by atoms with Gasteiger partial charge in [0, 0.05) is 31.4 Å². The van der Waals surface area contributed by atoms with E-state index >= 15 is 0 Å². The third-order valence-corrected chi connectivity index (χ3v) is 11.5. The topological polar surface area (TPSA) is 142 Å². The fraction of sp³-hybridized carbons (Fsp3) is 0.545. The van der Waals surface area contributed by atoms with Gasteiger partial charge < -0.3 is 31.1 Å². The number of ketones is 2. The van der Waals surface area contributed by atoms with Crippen molar-refractivity contribution >= 4 is 11.6 Å². The number of phenolic OH excluding ortho intramolecular Hbond substituents is 1. The predicted molar refractivity (Wildman–Crippen MR) is 204 cm³/mol. The quantitative estimate of drug-likeness (QED) is 0.134. The number of hydrogen-bond donors (Lipinski definition) is 5. The highest BCUT2D eigenvalue weighted by Gasteiger charge is 2.42. The van der Waals surface area contributed by atoms with Crippen LogP contribution in [0.1, 0.15) is 100 Å². The number of nitrogens with two attached hydrogens (primary N) is 1. The van der Waals surface area contributed by atoms with Gasteiger partial charge in [-0.15, -0.1) is 0 Å². The molecule has 3 aliphatic rings. The molecule has 280 valence electrons. The van der Waals surface area contributed by atoms with Crippen molar-refractivity contribution in [3.05, 3.63) is 82.2 Å². The zero-order valence-electron chi connectivity index (χ0n) is 31.4. The first-order chi connectivity index (χ1) is 25.0. The van der Waals surface area contributed by atoms with Gasteiger partial charge in [-0.25, -0.2) is 0 Å². The molecule has 6 N–H and O–H groups in total. The minimum absolute atomic E-state index is 0.00531. The van der Waals surface area contributed by atoms with Gasteiger partial charge in [-0.2, -0.15) is 0 Å². The summed E-state index contributed by atoms with van der Waals surface area (Å²) in [5.74, 6) is 6.32. The highest BCUT2D eigenvalue weighted by atomic mass is 16.5. The normalized spacial score (nSPS) is 25.8. The molecule has 5 rings (SSSR count). The van der Waals surface area contributed by atoms with Crippen LogP contribution in [0.2, 0.25) is 0 Å². The van der Waals surface area contributed by atoms with Crippen LogP contribution in [-0.4, -0.2) is 53.3 Å². The van der Waals surface area contributed by atoms with Crippen molar-refractivity contribution in [3.8, 4) is 23.3 Å². The molecule has 2 aliphatic carbocycles. The van der Waals surface area contributed by atoms with Gasteiger partial charge in [-0.3, -0.25) is 9.59 Å². The molecule has 7 unspecified atom stereocenters. The first-order valence-corrected chi connectivity index (χ1v) is 19.3. The maximum Gasteiger partial charge on any atom is 0.173 e. The van der Waals surface area contributed by atoms with Gasteiger partial charge in [0.05, 0.1) is 18.8 Å². The van der Waals surface area contributed by atoms with Gasteiger partial charge in [0.1, 0.15) is 0 Å². The summed E-state index contributed by atoms with van der Waals surface area (Å²) in [5.41, 5.74) is 11.1. The van der Waals surface area contributed by atoms with Crippen molar-refractivity contribution in [2.45, 2.75) is 97.0 Å². The van der Waals surface area contributed by atoms with Crippen LogP contribution in [0.4, 0.5) is 0 Å². The molecule has 2 aromatic rings. The molecule has 1 fully saturated rings. The van der Waals surface area contributed by atoms with Crippen LogP contribution in [-0.2, 0) is 22.4 Å². The van der Waals surface area contributed by atoms with Crippen molar-refractivity contribution in [3.63, 3.8) is 0 Å². The highest BCUT2D eigenvalue weighted by Crippen LogP contribution is 2.44. The first-order valence-electron chi connectivity index (χ1n) is 19.3. The van der Waals surface area contributed by atoms with Crippen molar-refractivity contribution in [1.29, 1.82) is 0 Å². The molecule has 0 spiro atoms. The number of carbonyl (C=O) groups is 2. The minimum atomic E-state index is -1.76. The lowest BCUT2D eigenvalue weighted by molar-refractivity contribution is -0.142. The van der Waals surface area contributed by atoms with E-state index in [1.807, 2.05) is 18.2 Å². The van der Waals surface area contributed by atoms with E-state index in [2.05, 4.69) is 56.1 Å². The molecule has 8 heteroatoms. The van der Waals surface area contributed by atoms with E-state index < -0.39 is 35.4 Å². The van der Waals surface area contributed by atoms with E-state index in [0.717, 1.165) is 60.8 Å². The molecule has 2 aromatic carbocycles. The van der Waals surface area contributed by atoms with Crippen LogP contribution in [0, 0.1) is 47.3 Å². The molecule has 1 aliphatic heterocycles. The van der Waals surface area contributed by atoms with Crippen LogP contribution in [0.25, 0.3) is 0 Å². The number of aryl methyl sites for hydroxylation is 2. The molecule has 1 saturated carbocycles. The largest absolute Gasteiger partial charge is 0.504 e. The number of aliphatic hydroxyl groups excluding tert-OH is 2. The highest BCUT2D eigenvalue weighted by molar-refractivity contribution is 6.06. The molecule has 52 heavy (non-hydrogen) atoms. The van der Waals surface area contributed by atoms with Crippen LogP contribution in [0.5, 0.6) is 11.5 Å². The number of phenols is 1. The Morgan fingerprint density at radius 1 is 1.04 bits per heavy atom. The van der Waals surface area contributed by atoms with E-state index in [4.69, 9.17) is 10.5 Å². The van der Waals surface area contributed by atoms with Gasteiger partial charge in [0.15, 0.2) is 29.2 Å². The van der Waals surface area contributed by atoms with Crippen molar-refractivity contribution < 1.29 is 29.6 Å². The molecular weight excluding hydrogens is 652 g/mol. The number of carbonyl (C=O) groups excluding carboxylic acids is 2. The summed E-state index contributed by atoms with van der Waals surface area (Å²) in [7, 11) is 1.49. The average Bonchev–Trinajstić information content (AvgIpc) is 3.30. The first kappa shape index (κ1) is 39.2. The summed E-state index contributed by atoms with van der Waals surface area (Å²) >= 11 is 0. The molecule has 0 aromatic heterocycles. The molecule has 0 bridgehead atoms. The lowest BCUT2D eigenvalue weighted by atomic mass is 9.75. The fourth-order valence-electron chi connectivity index (χ4n) is 8.62. The van der Waals surface area contributed by atoms with E-state index in [-0.39, 0.29) is 43.0 Å². The lowest BCUT2D eigenvalue weighted by Gasteiger charge is -2.29. The number of fused-ring (bicyclic) bond motifs is 2. The number of nitrogens with one attached hydrogen (secondary N) is 1. The number of benzene rings is 2. The molecule has 0 amide bonds. The third-order valence-electron chi connectivity index (χ3n) is 11.5. The molecule has 1 heterocycles. The van der Waals surface area contributed by atoms with Gasteiger partial charge >= 0.3 is 0 Å². The monoisotopic (exact) mass is 710 g/mol. The van der Waals surface area contributed by atoms with Crippen LogP contribution in [0.3, 0.4) is 0 Å². The Balaban J connectivity index is 1.69. The standard InChI is InChI=1S/C44H58N2O6/c1-5-8-33(26-47)34-21-29(19-28-17-18-46-42(45)22-28)20-31-13-15-36(35-10-7-6-9-30(35)12-11-27(2)3)37-25-40(49)41(52-4)24-32(37)14-16-39(48)44(51)43(50)38(31)23-34/h6-7,9-10,17,22,24-25,27,29,31,33-34,36,38,44,46-47,49,51H,5,8,11-12,14,16,18-21,23,26,45H2,1-4H3. The summed E-state index contributed by atoms with van der Waals surface area (Å²) in [6, 6.07) is 11.8. The zero-order valence-corrected chi connectivity index (χ0v) is 31.4. The minimum Gasteiger partial charge on any atom is -0.504 e. The number of dihydropyridines is 1. The molecule has 7 atom stereocenters. The Morgan fingerprint density at radius 3 is 2.54 bits per heavy atom. The number of rotatable bonds is 11. The van der Waals surface area contributed by atoms with Gasteiger partial charge in [0.2, 0.25) is 0 Å². The lowest BCUT2D eigenvalue weighted by Crippen LogP contribution is -2.39.